The molecule has 1 N–H and O–H groups in total. The predicted octanol–water partition coefficient (Wildman–Crippen LogP) is 2.79. The van der Waals surface area contributed by atoms with E-state index in [9.17, 15) is 4.79 Å². The molecule has 0 aromatic carbocycles. The van der Waals surface area contributed by atoms with Crippen molar-refractivity contribution < 1.29 is 14.3 Å². The van der Waals surface area contributed by atoms with E-state index >= 15 is 0 Å². The lowest BCUT2D eigenvalue weighted by Crippen LogP contribution is -1.92. The highest BCUT2D eigenvalue weighted by atomic mass is 32.2. The molecule has 1 heterocycles. The molecule has 0 spiro atoms. The molecule has 3 nitrogen and oxygen atoms in total. The lowest BCUT2D eigenvalue weighted by molar-refractivity contribution is 0.0660. The summed E-state index contributed by atoms with van der Waals surface area (Å²) >= 11 is 1.72. The van der Waals surface area contributed by atoms with Crippen LogP contribution in [0.3, 0.4) is 0 Å². The van der Waals surface area contributed by atoms with Crippen molar-refractivity contribution in [2.75, 3.05) is 5.75 Å². The van der Waals surface area contributed by atoms with Crippen LogP contribution >= 0.6 is 11.8 Å². The van der Waals surface area contributed by atoms with E-state index in [1.807, 2.05) is 6.92 Å². The first-order chi connectivity index (χ1) is 6.15. The molecular formula is C9H12O3S. The van der Waals surface area contributed by atoms with Crippen molar-refractivity contribution in [1.82, 2.24) is 0 Å². The number of thioether (sulfide) groups is 1. The smallest absolute Gasteiger partial charge is 0.371 e. The van der Waals surface area contributed by atoms with Crippen molar-refractivity contribution in [3.8, 4) is 0 Å². The minimum Gasteiger partial charge on any atom is -0.475 e. The molecule has 0 saturated carbocycles. The quantitative estimate of drug-likeness (QED) is 0.811. The Balaban J connectivity index is 2.73. The van der Waals surface area contributed by atoms with Gasteiger partial charge < -0.3 is 9.52 Å². The molecule has 0 aliphatic heterocycles. The van der Waals surface area contributed by atoms with Crippen LogP contribution in [0.25, 0.3) is 0 Å². The zero-order valence-corrected chi connectivity index (χ0v) is 8.43. The zero-order valence-electron chi connectivity index (χ0n) is 7.61. The van der Waals surface area contributed by atoms with E-state index in [0.29, 0.717) is 0 Å². The molecule has 13 heavy (non-hydrogen) atoms. The minimum atomic E-state index is -1.01. The van der Waals surface area contributed by atoms with E-state index in [1.54, 1.807) is 17.8 Å². The van der Waals surface area contributed by atoms with Gasteiger partial charge in [0.15, 0.2) is 0 Å². The lowest BCUT2D eigenvalue weighted by atomic mass is 10.3. The van der Waals surface area contributed by atoms with E-state index in [-0.39, 0.29) is 11.0 Å². The number of carboxylic acids is 1. The first-order valence-corrected chi connectivity index (χ1v) is 5.14. The van der Waals surface area contributed by atoms with Crippen molar-refractivity contribution in [2.45, 2.75) is 19.1 Å². The Morgan fingerprint density at radius 3 is 2.85 bits per heavy atom. The van der Waals surface area contributed by atoms with Gasteiger partial charge in [0.1, 0.15) is 5.76 Å². The summed E-state index contributed by atoms with van der Waals surface area (Å²) in [5, 5.41) is 8.83. The molecule has 0 radical (unpaired) electrons. The third-order valence-corrected chi connectivity index (χ3v) is 2.72. The molecule has 0 fully saturated rings. The van der Waals surface area contributed by atoms with E-state index in [2.05, 4.69) is 6.92 Å². The van der Waals surface area contributed by atoms with Crippen molar-refractivity contribution >= 4 is 17.7 Å². The van der Waals surface area contributed by atoms with Crippen LogP contribution in [0.2, 0.25) is 0 Å². The summed E-state index contributed by atoms with van der Waals surface area (Å²) in [6.45, 7) is 4.06. The van der Waals surface area contributed by atoms with Crippen LogP contribution in [0, 0.1) is 0 Å². The van der Waals surface area contributed by atoms with Crippen LogP contribution in [0.1, 0.15) is 35.4 Å². The highest BCUT2D eigenvalue weighted by Crippen LogP contribution is 2.28. The van der Waals surface area contributed by atoms with Crippen LogP contribution < -0.4 is 0 Å². The Kier molecular flexibility index (Phi) is 3.42. The maximum absolute atomic E-state index is 10.5. The van der Waals surface area contributed by atoms with Gasteiger partial charge in [-0.1, -0.05) is 6.92 Å². The van der Waals surface area contributed by atoms with Gasteiger partial charge in [0.25, 0.3) is 0 Å². The van der Waals surface area contributed by atoms with Crippen LogP contribution in [0.4, 0.5) is 0 Å². The maximum Gasteiger partial charge on any atom is 0.371 e. The first-order valence-electron chi connectivity index (χ1n) is 4.09. The van der Waals surface area contributed by atoms with Gasteiger partial charge in [0.05, 0.1) is 5.25 Å². The molecule has 0 bridgehead atoms. The molecule has 4 heteroatoms. The number of carboxylic acid groups (broad SMARTS) is 1. The second kappa shape index (κ2) is 4.37. The minimum absolute atomic E-state index is 0.0125. The predicted molar refractivity (Wildman–Crippen MR) is 52.2 cm³/mol. The standard InChI is InChI=1S/C9H12O3S/c1-3-13-6(2)7-4-5-8(12-7)9(10)11/h4-6H,3H2,1-2H3,(H,10,11)/t6-/m0/s1. The summed E-state index contributed by atoms with van der Waals surface area (Å²) in [6, 6.07) is 3.21. The Morgan fingerprint density at radius 1 is 1.69 bits per heavy atom. The number of furan rings is 1. The Morgan fingerprint density at radius 2 is 2.38 bits per heavy atom. The first kappa shape index (κ1) is 10.2. The topological polar surface area (TPSA) is 50.4 Å². The normalized spacial score (nSPS) is 12.8. The monoisotopic (exact) mass is 200 g/mol. The Bertz CT molecular complexity index is 293. The summed E-state index contributed by atoms with van der Waals surface area (Å²) in [4.78, 5) is 10.5. The average molecular weight is 200 g/mol. The summed E-state index contributed by atoms with van der Waals surface area (Å²) in [6.07, 6.45) is 0. The fourth-order valence-corrected chi connectivity index (χ4v) is 1.81. The summed E-state index contributed by atoms with van der Waals surface area (Å²) in [5.41, 5.74) is 0. The van der Waals surface area contributed by atoms with E-state index in [4.69, 9.17) is 9.52 Å². The molecule has 0 amide bonds. The molecular weight excluding hydrogens is 188 g/mol. The lowest BCUT2D eigenvalue weighted by Gasteiger charge is -2.04. The van der Waals surface area contributed by atoms with Gasteiger partial charge in [0, 0.05) is 0 Å². The van der Waals surface area contributed by atoms with Gasteiger partial charge in [-0.2, -0.15) is 11.8 Å². The van der Waals surface area contributed by atoms with Gasteiger partial charge in [-0.25, -0.2) is 4.79 Å². The number of hydrogen-bond donors (Lipinski definition) is 1. The largest absolute Gasteiger partial charge is 0.475 e. The summed E-state index contributed by atoms with van der Waals surface area (Å²) in [5.74, 6) is 0.715. The molecule has 1 aromatic heterocycles. The van der Waals surface area contributed by atoms with Gasteiger partial charge in [-0.3, -0.25) is 0 Å². The van der Waals surface area contributed by atoms with Crippen LogP contribution in [0.15, 0.2) is 16.5 Å². The zero-order chi connectivity index (χ0) is 9.84. The fourth-order valence-electron chi connectivity index (χ4n) is 1.02. The third kappa shape index (κ3) is 2.52. The average Bonchev–Trinajstić information content (AvgIpc) is 2.52. The summed E-state index contributed by atoms with van der Waals surface area (Å²) < 4.78 is 5.14. The highest BCUT2D eigenvalue weighted by Gasteiger charge is 2.13. The molecule has 1 atom stereocenters. The van der Waals surface area contributed by atoms with E-state index in [1.165, 1.54) is 6.07 Å². The highest BCUT2D eigenvalue weighted by molar-refractivity contribution is 7.99. The Hall–Kier alpha value is -0.900. The number of rotatable bonds is 4. The fraction of sp³-hybridized carbons (Fsp3) is 0.444. The molecule has 0 unspecified atom stereocenters. The molecule has 0 aliphatic carbocycles. The molecule has 0 saturated heterocycles. The van der Waals surface area contributed by atoms with Crippen LogP contribution in [-0.2, 0) is 0 Å². The Labute approximate surface area is 81.1 Å². The second-order valence-electron chi connectivity index (χ2n) is 2.60. The maximum atomic E-state index is 10.5. The van der Waals surface area contributed by atoms with Crippen molar-refractivity contribution in [1.29, 1.82) is 0 Å². The number of carbonyl (C=O) groups is 1. The van der Waals surface area contributed by atoms with Crippen molar-refractivity contribution in [3.63, 3.8) is 0 Å². The summed E-state index contributed by atoms with van der Waals surface area (Å²) in [7, 11) is 0. The van der Waals surface area contributed by atoms with Gasteiger partial charge >= 0.3 is 5.97 Å². The van der Waals surface area contributed by atoms with Gasteiger partial charge in [0.2, 0.25) is 5.76 Å². The SMILES string of the molecule is CCS[C@@H](C)c1ccc(C(=O)O)o1. The van der Waals surface area contributed by atoms with Crippen molar-refractivity contribution in [2.24, 2.45) is 0 Å². The van der Waals surface area contributed by atoms with Gasteiger partial charge in [-0.15, -0.1) is 0 Å². The molecule has 1 aromatic rings. The molecule has 1 rings (SSSR count). The second-order valence-corrected chi connectivity index (χ2v) is 4.22. The van der Waals surface area contributed by atoms with E-state index < -0.39 is 5.97 Å². The number of aromatic carboxylic acids is 1. The van der Waals surface area contributed by atoms with Crippen LogP contribution in [0.5, 0.6) is 0 Å². The van der Waals surface area contributed by atoms with Crippen molar-refractivity contribution in [3.05, 3.63) is 23.7 Å². The third-order valence-electron chi connectivity index (χ3n) is 1.65. The molecule has 0 aliphatic rings. The van der Waals surface area contributed by atoms with E-state index in [0.717, 1.165) is 11.5 Å². The van der Waals surface area contributed by atoms with Gasteiger partial charge in [-0.05, 0) is 24.8 Å². The molecule has 72 valence electrons. The van der Waals surface area contributed by atoms with Crippen LogP contribution in [-0.4, -0.2) is 16.8 Å². The number of hydrogen-bond acceptors (Lipinski definition) is 3.